The second kappa shape index (κ2) is 12.6. The minimum atomic E-state index is -0.140. The number of carbonyl (C=O) groups is 2. The van der Waals surface area contributed by atoms with E-state index in [2.05, 4.69) is 41.3 Å². The Morgan fingerprint density at radius 3 is 2.83 bits per heavy atom. The van der Waals surface area contributed by atoms with Gasteiger partial charge in [-0.3, -0.25) is 19.2 Å². The van der Waals surface area contributed by atoms with Crippen molar-refractivity contribution in [1.82, 2.24) is 24.9 Å². The summed E-state index contributed by atoms with van der Waals surface area (Å²) in [4.78, 5) is 31.3. The second-order valence-electron chi connectivity index (χ2n) is 11.9. The molecule has 2 amide bonds. The minimum absolute atomic E-state index is 0.0471. The van der Waals surface area contributed by atoms with Gasteiger partial charge in [-0.15, -0.1) is 0 Å². The van der Waals surface area contributed by atoms with Gasteiger partial charge in [0.05, 0.1) is 26.0 Å². The van der Waals surface area contributed by atoms with Crippen LogP contribution >= 0.6 is 0 Å². The number of aryl methyl sites for hydroxylation is 1. The van der Waals surface area contributed by atoms with Crippen LogP contribution in [0.2, 0.25) is 0 Å². The zero-order chi connectivity index (χ0) is 28.2. The monoisotopic (exact) mass is 551 g/mol. The van der Waals surface area contributed by atoms with E-state index >= 15 is 0 Å². The molecule has 2 aromatic rings. The maximum Gasteiger partial charge on any atom is 0.272 e. The fourth-order valence-electron chi connectivity index (χ4n) is 6.72. The Balaban J connectivity index is 1.37. The maximum atomic E-state index is 13.8. The van der Waals surface area contributed by atoms with Crippen LogP contribution in [0.5, 0.6) is 11.5 Å². The number of fused-ring (bicyclic) bond motifs is 8. The van der Waals surface area contributed by atoms with E-state index in [4.69, 9.17) is 9.47 Å². The molecule has 0 spiro atoms. The molecule has 0 aliphatic carbocycles. The second-order valence-corrected chi connectivity index (χ2v) is 11.9. The molecule has 0 radical (unpaired) electrons. The predicted molar refractivity (Wildman–Crippen MR) is 154 cm³/mol. The Kier molecular flexibility index (Phi) is 8.98. The molecule has 3 aliphatic rings. The maximum absolute atomic E-state index is 13.8. The van der Waals surface area contributed by atoms with Crippen molar-refractivity contribution in [1.29, 1.82) is 0 Å². The third kappa shape index (κ3) is 6.14. The molecule has 3 aliphatic heterocycles. The number of hydrogen-bond donors (Lipinski definition) is 1. The van der Waals surface area contributed by atoms with E-state index in [9.17, 15) is 9.59 Å². The number of rotatable bonds is 5. The van der Waals surface area contributed by atoms with Crippen molar-refractivity contribution in [3.8, 4) is 11.5 Å². The van der Waals surface area contributed by atoms with Gasteiger partial charge in [-0.25, -0.2) is 0 Å². The average Bonchev–Trinajstić information content (AvgIpc) is 3.65. The highest BCUT2D eigenvalue weighted by molar-refractivity contribution is 5.95. The first-order valence-electron chi connectivity index (χ1n) is 15.1. The van der Waals surface area contributed by atoms with Crippen LogP contribution in [0.25, 0.3) is 0 Å². The van der Waals surface area contributed by atoms with E-state index in [-0.39, 0.29) is 18.4 Å². The van der Waals surface area contributed by atoms with Gasteiger partial charge in [0, 0.05) is 31.7 Å². The van der Waals surface area contributed by atoms with E-state index in [0.717, 1.165) is 55.8 Å². The third-order valence-corrected chi connectivity index (χ3v) is 8.61. The predicted octanol–water partition coefficient (Wildman–Crippen LogP) is 4.07. The average molecular weight is 552 g/mol. The molecule has 1 N–H and O–H groups in total. The lowest BCUT2D eigenvalue weighted by Crippen LogP contribution is -2.44. The summed E-state index contributed by atoms with van der Waals surface area (Å²) in [7, 11) is 1.68. The molecule has 4 bridgehead atoms. The molecular weight excluding hydrogens is 506 g/mol. The first-order chi connectivity index (χ1) is 19.4. The molecule has 2 saturated heterocycles. The summed E-state index contributed by atoms with van der Waals surface area (Å²) in [6, 6.07) is 8.98. The standard InChI is InChI=1S/C31H45N5O4/c1-5-36-27(18-24(33-36)15-21(2)3)31(38)34-12-6-7-14-40-29-17-22(10-11-28(29)39-4)26-16-23(19-32-30(37)20-34)25-9-8-13-35(25)26/h10-11,17-18,21,23,25-26H,5-9,12-16,19-20H2,1-4H3,(H,32,37)/t23-,25+,26-/m1/s1. The van der Waals surface area contributed by atoms with Crippen LogP contribution in [0.15, 0.2) is 24.3 Å². The van der Waals surface area contributed by atoms with Gasteiger partial charge in [0.2, 0.25) is 5.91 Å². The molecule has 0 unspecified atom stereocenters. The van der Waals surface area contributed by atoms with Gasteiger partial charge in [0.15, 0.2) is 11.5 Å². The van der Waals surface area contributed by atoms with Gasteiger partial charge in [-0.1, -0.05) is 19.9 Å². The first kappa shape index (κ1) is 28.5. The third-order valence-electron chi connectivity index (χ3n) is 8.61. The SMILES string of the molecule is CCn1nc(CC(C)C)cc1C(=O)N1CCCCOc2cc(ccc2OC)[C@H]2C[C@H](CNC(=O)C1)[C@@H]1CCCN21. The summed E-state index contributed by atoms with van der Waals surface area (Å²) in [6.45, 7) is 9.63. The molecule has 9 heteroatoms. The van der Waals surface area contributed by atoms with Crippen LogP contribution in [-0.4, -0.2) is 77.3 Å². The lowest BCUT2D eigenvalue weighted by molar-refractivity contribution is -0.122. The van der Waals surface area contributed by atoms with Crippen molar-refractivity contribution < 1.29 is 19.1 Å². The van der Waals surface area contributed by atoms with Gasteiger partial charge in [-0.05, 0) is 87.6 Å². The Morgan fingerprint density at radius 2 is 2.05 bits per heavy atom. The van der Waals surface area contributed by atoms with E-state index in [0.29, 0.717) is 55.9 Å². The van der Waals surface area contributed by atoms with Crippen molar-refractivity contribution in [2.24, 2.45) is 11.8 Å². The molecule has 9 nitrogen and oxygen atoms in total. The van der Waals surface area contributed by atoms with Gasteiger partial charge >= 0.3 is 0 Å². The largest absolute Gasteiger partial charge is 0.493 e. The Hall–Kier alpha value is -3.07. The molecule has 1 aromatic heterocycles. The van der Waals surface area contributed by atoms with Crippen molar-refractivity contribution in [2.75, 3.05) is 39.9 Å². The number of carbonyl (C=O) groups excluding carboxylic acids is 2. The zero-order valence-electron chi connectivity index (χ0n) is 24.5. The van der Waals surface area contributed by atoms with E-state index in [1.165, 1.54) is 12.0 Å². The van der Waals surface area contributed by atoms with Crippen molar-refractivity contribution in [2.45, 2.75) is 77.9 Å². The molecule has 3 atom stereocenters. The van der Waals surface area contributed by atoms with Crippen LogP contribution in [0.1, 0.15) is 80.7 Å². The number of methoxy groups -OCH3 is 1. The van der Waals surface area contributed by atoms with Crippen LogP contribution in [0.3, 0.4) is 0 Å². The number of benzene rings is 1. The Morgan fingerprint density at radius 1 is 1.20 bits per heavy atom. The number of aromatic nitrogens is 2. The topological polar surface area (TPSA) is 88.9 Å². The summed E-state index contributed by atoms with van der Waals surface area (Å²) in [5.41, 5.74) is 2.73. The highest BCUT2D eigenvalue weighted by atomic mass is 16.5. The summed E-state index contributed by atoms with van der Waals surface area (Å²) in [6.07, 6.45) is 5.62. The molecule has 5 rings (SSSR count). The first-order valence-corrected chi connectivity index (χ1v) is 15.1. The molecule has 0 saturated carbocycles. The van der Waals surface area contributed by atoms with E-state index < -0.39 is 0 Å². The summed E-state index contributed by atoms with van der Waals surface area (Å²) >= 11 is 0. The molecule has 2 fully saturated rings. The highest BCUT2D eigenvalue weighted by Crippen LogP contribution is 2.46. The van der Waals surface area contributed by atoms with Gasteiger partial charge in [0.1, 0.15) is 5.69 Å². The Labute approximate surface area is 238 Å². The number of amides is 2. The summed E-state index contributed by atoms with van der Waals surface area (Å²) < 4.78 is 13.6. The van der Waals surface area contributed by atoms with Crippen LogP contribution < -0.4 is 14.8 Å². The quantitative estimate of drug-likeness (QED) is 0.603. The minimum Gasteiger partial charge on any atom is -0.493 e. The van der Waals surface area contributed by atoms with E-state index in [1.54, 1.807) is 16.7 Å². The van der Waals surface area contributed by atoms with Crippen LogP contribution in [0, 0.1) is 11.8 Å². The van der Waals surface area contributed by atoms with E-state index in [1.807, 2.05) is 19.1 Å². The fourth-order valence-corrected chi connectivity index (χ4v) is 6.72. The van der Waals surface area contributed by atoms with Gasteiger partial charge in [0.25, 0.3) is 5.91 Å². The number of hydrogen-bond acceptors (Lipinski definition) is 6. The number of nitrogens with zero attached hydrogens (tertiary/aromatic N) is 4. The van der Waals surface area contributed by atoms with Crippen molar-refractivity contribution >= 4 is 11.8 Å². The summed E-state index contributed by atoms with van der Waals surface area (Å²) in [5, 5.41) is 7.87. The smallest absolute Gasteiger partial charge is 0.272 e. The summed E-state index contributed by atoms with van der Waals surface area (Å²) in [5.74, 6) is 2.10. The molecule has 4 heterocycles. The van der Waals surface area contributed by atoms with Crippen LogP contribution in [-0.2, 0) is 17.8 Å². The zero-order valence-corrected chi connectivity index (χ0v) is 24.5. The van der Waals surface area contributed by atoms with Crippen LogP contribution in [0.4, 0.5) is 0 Å². The number of ether oxygens (including phenoxy) is 2. The van der Waals surface area contributed by atoms with Gasteiger partial charge in [-0.2, -0.15) is 5.10 Å². The fraction of sp³-hybridized carbons (Fsp3) is 0.645. The van der Waals surface area contributed by atoms with Crippen molar-refractivity contribution in [3.63, 3.8) is 0 Å². The molecule has 218 valence electrons. The highest BCUT2D eigenvalue weighted by Gasteiger charge is 2.44. The molecule has 1 aromatic carbocycles. The number of nitrogens with one attached hydrogen (secondary N) is 1. The lowest BCUT2D eigenvalue weighted by atomic mass is 9.94. The molecule has 40 heavy (non-hydrogen) atoms. The normalized spacial score (nSPS) is 24.1. The van der Waals surface area contributed by atoms with Crippen molar-refractivity contribution in [3.05, 3.63) is 41.2 Å². The molecular formula is C31H45N5O4. The Bertz CT molecular complexity index is 1190. The lowest BCUT2D eigenvalue weighted by Gasteiger charge is -2.25. The van der Waals surface area contributed by atoms with Gasteiger partial charge < -0.3 is 19.7 Å².